The van der Waals surface area contributed by atoms with Gasteiger partial charge in [-0.15, -0.1) is 0 Å². The normalized spacial score (nSPS) is 52.1. The van der Waals surface area contributed by atoms with Gasteiger partial charge in [0.1, 0.15) is 0 Å². The molecular formula is C22H37N3. The van der Waals surface area contributed by atoms with Crippen molar-refractivity contribution in [2.75, 3.05) is 0 Å². The number of nitrogens with two attached hydrogens (primary N) is 1. The number of hydrazine groups is 1. The van der Waals surface area contributed by atoms with Gasteiger partial charge in [0.25, 0.3) is 0 Å². The second-order valence-corrected chi connectivity index (χ2v) is 9.04. The summed E-state index contributed by atoms with van der Waals surface area (Å²) in [6.07, 6.45) is 12.6. The van der Waals surface area contributed by atoms with Crippen LogP contribution in [0.2, 0.25) is 0 Å². The number of rotatable bonds is 0. The Labute approximate surface area is 153 Å². The van der Waals surface area contributed by atoms with Crippen LogP contribution in [-0.2, 0) is 0 Å². The third-order valence-corrected chi connectivity index (χ3v) is 8.52. The lowest BCUT2D eigenvalue weighted by Gasteiger charge is -2.63. The fraction of sp³-hybridized carbons (Fsp3) is 0.818. The molecule has 3 heteroatoms. The first kappa shape index (κ1) is 17.8. The van der Waals surface area contributed by atoms with Crippen LogP contribution in [0.25, 0.3) is 0 Å². The van der Waals surface area contributed by atoms with Gasteiger partial charge in [-0.1, -0.05) is 32.1 Å². The van der Waals surface area contributed by atoms with Crippen LogP contribution in [0.1, 0.15) is 72.1 Å². The van der Waals surface area contributed by atoms with Gasteiger partial charge in [-0.25, -0.2) is 5.43 Å². The molecule has 1 saturated heterocycles. The number of fused-ring (bicyclic) bond motifs is 4. The zero-order valence-corrected chi connectivity index (χ0v) is 16.4. The summed E-state index contributed by atoms with van der Waals surface area (Å²) < 4.78 is 0. The van der Waals surface area contributed by atoms with E-state index in [0.717, 1.165) is 36.6 Å². The first-order chi connectivity index (χ1) is 12.1. The zero-order valence-electron chi connectivity index (χ0n) is 16.4. The summed E-state index contributed by atoms with van der Waals surface area (Å²) in [4.78, 5) is 0. The van der Waals surface area contributed by atoms with Gasteiger partial charge in [-0.3, -0.25) is 5.43 Å². The highest BCUT2D eigenvalue weighted by atomic mass is 15.5. The Morgan fingerprint density at radius 1 is 1.12 bits per heavy atom. The zero-order chi connectivity index (χ0) is 17.8. The lowest BCUT2D eigenvalue weighted by molar-refractivity contribution is -0.0779. The Morgan fingerprint density at radius 3 is 2.60 bits per heavy atom. The largest absolute Gasteiger partial charge is 0.324 e. The molecule has 0 aromatic heterocycles. The quantitative estimate of drug-likeness (QED) is 0.621. The minimum absolute atomic E-state index is 0.0306. The number of allylic oxidation sites excluding steroid dienone is 2. The summed E-state index contributed by atoms with van der Waals surface area (Å²) in [6.45, 7) is 10.5. The molecule has 140 valence electrons. The summed E-state index contributed by atoms with van der Waals surface area (Å²) in [5.41, 5.74) is 17.6. The lowest BCUT2D eigenvalue weighted by Crippen LogP contribution is -2.79. The van der Waals surface area contributed by atoms with Crippen molar-refractivity contribution in [2.45, 2.75) is 89.3 Å². The van der Waals surface area contributed by atoms with E-state index in [1.165, 1.54) is 49.7 Å². The van der Waals surface area contributed by atoms with Gasteiger partial charge in [-0.2, -0.15) is 0 Å². The van der Waals surface area contributed by atoms with Crippen molar-refractivity contribution < 1.29 is 0 Å². The van der Waals surface area contributed by atoms with Crippen LogP contribution in [-0.4, -0.2) is 17.1 Å². The molecule has 4 N–H and O–H groups in total. The van der Waals surface area contributed by atoms with Crippen molar-refractivity contribution in [3.05, 3.63) is 23.8 Å². The molecule has 5 fully saturated rings. The van der Waals surface area contributed by atoms with Crippen molar-refractivity contribution in [3.8, 4) is 0 Å². The van der Waals surface area contributed by atoms with Crippen molar-refractivity contribution in [3.63, 3.8) is 0 Å². The van der Waals surface area contributed by atoms with Gasteiger partial charge in [-0.05, 0) is 87.5 Å². The van der Waals surface area contributed by atoms with Gasteiger partial charge in [0.05, 0.1) is 5.54 Å². The van der Waals surface area contributed by atoms with Gasteiger partial charge in [0.15, 0.2) is 0 Å². The number of nitrogens with one attached hydrogen (secondary N) is 2. The Morgan fingerprint density at radius 2 is 1.92 bits per heavy atom. The summed E-state index contributed by atoms with van der Waals surface area (Å²) in [6, 6.07) is 0.733. The molecule has 4 aliphatic carbocycles. The molecule has 0 amide bonds. The highest BCUT2D eigenvalue weighted by molar-refractivity contribution is 5.36. The standard InChI is InChI=1S/C20H31N3.C2H6/c1-3-13-11-19(21)14(10-12(13)2)4-5-15-16(19)8-9-20-17(15)6-7-18(20)22-23-20;1-2/h3,14-18,22-23H,2,4-11,21H2,1H3;1-2H3/b13-3-;. The molecule has 0 aromatic carbocycles. The first-order valence-electron chi connectivity index (χ1n) is 10.7. The van der Waals surface area contributed by atoms with E-state index in [1.54, 1.807) is 0 Å². The summed E-state index contributed by atoms with van der Waals surface area (Å²) in [7, 11) is 0. The van der Waals surface area contributed by atoms with E-state index in [4.69, 9.17) is 5.73 Å². The van der Waals surface area contributed by atoms with E-state index in [1.807, 2.05) is 13.8 Å². The summed E-state index contributed by atoms with van der Waals surface area (Å²) >= 11 is 0. The minimum Gasteiger partial charge on any atom is -0.324 e. The van der Waals surface area contributed by atoms with Crippen molar-refractivity contribution in [1.82, 2.24) is 10.9 Å². The van der Waals surface area contributed by atoms with E-state index >= 15 is 0 Å². The molecule has 5 rings (SSSR count). The average Bonchev–Trinajstić information content (AvgIpc) is 2.88. The van der Waals surface area contributed by atoms with Gasteiger partial charge in [0, 0.05) is 11.6 Å². The topological polar surface area (TPSA) is 50.1 Å². The van der Waals surface area contributed by atoms with Crippen LogP contribution in [0.5, 0.6) is 0 Å². The van der Waals surface area contributed by atoms with Crippen LogP contribution < -0.4 is 16.6 Å². The van der Waals surface area contributed by atoms with Crippen LogP contribution in [0.15, 0.2) is 23.8 Å². The number of hydrogen-bond acceptors (Lipinski definition) is 3. The lowest BCUT2D eigenvalue weighted by atomic mass is 9.48. The van der Waals surface area contributed by atoms with E-state index in [-0.39, 0.29) is 5.54 Å². The predicted octanol–water partition coefficient (Wildman–Crippen LogP) is 4.07. The van der Waals surface area contributed by atoms with E-state index in [0.29, 0.717) is 11.5 Å². The second kappa shape index (κ2) is 6.21. The van der Waals surface area contributed by atoms with E-state index in [2.05, 4.69) is 30.4 Å². The second-order valence-electron chi connectivity index (χ2n) is 9.04. The number of hydrogen-bond donors (Lipinski definition) is 3. The van der Waals surface area contributed by atoms with E-state index in [9.17, 15) is 0 Å². The summed E-state index contributed by atoms with van der Waals surface area (Å²) in [5.74, 6) is 3.09. The Bertz CT molecular complexity index is 582. The third kappa shape index (κ3) is 2.28. The van der Waals surface area contributed by atoms with Crippen molar-refractivity contribution in [1.29, 1.82) is 0 Å². The predicted molar refractivity (Wildman–Crippen MR) is 105 cm³/mol. The Hall–Kier alpha value is -0.640. The monoisotopic (exact) mass is 343 g/mol. The highest BCUT2D eigenvalue weighted by Crippen LogP contribution is 2.61. The SMILES string of the molecule is C=C1CC2CCC3C(CCC45NNC4CCC35)C2(N)C/C1=C/C.CC. The van der Waals surface area contributed by atoms with Gasteiger partial charge in [0.2, 0.25) is 0 Å². The Balaban J connectivity index is 0.000000758. The minimum atomic E-state index is 0.0306. The maximum absolute atomic E-state index is 7.21. The van der Waals surface area contributed by atoms with Crippen molar-refractivity contribution >= 4 is 0 Å². The maximum atomic E-state index is 7.21. The smallest absolute Gasteiger partial charge is 0.0521 e. The molecule has 25 heavy (non-hydrogen) atoms. The molecule has 1 spiro atoms. The molecule has 0 bridgehead atoms. The first-order valence-corrected chi connectivity index (χ1v) is 10.7. The molecule has 1 heterocycles. The fourth-order valence-electron chi connectivity index (χ4n) is 7.34. The molecule has 4 saturated carbocycles. The molecule has 0 radical (unpaired) electrons. The van der Waals surface area contributed by atoms with E-state index < -0.39 is 0 Å². The van der Waals surface area contributed by atoms with Crippen molar-refractivity contribution in [2.24, 2.45) is 29.4 Å². The third-order valence-electron chi connectivity index (χ3n) is 8.52. The molecule has 5 aliphatic rings. The molecule has 7 unspecified atom stereocenters. The van der Waals surface area contributed by atoms with Crippen LogP contribution in [0, 0.1) is 23.7 Å². The molecule has 1 aliphatic heterocycles. The molecule has 7 atom stereocenters. The Kier molecular flexibility index (Phi) is 4.41. The van der Waals surface area contributed by atoms with Gasteiger partial charge < -0.3 is 5.73 Å². The van der Waals surface area contributed by atoms with Crippen LogP contribution in [0.4, 0.5) is 0 Å². The van der Waals surface area contributed by atoms with Crippen LogP contribution >= 0.6 is 0 Å². The summed E-state index contributed by atoms with van der Waals surface area (Å²) in [5, 5.41) is 0. The van der Waals surface area contributed by atoms with Gasteiger partial charge >= 0.3 is 0 Å². The molecule has 0 aromatic rings. The fourth-order valence-corrected chi connectivity index (χ4v) is 7.34. The van der Waals surface area contributed by atoms with Crippen LogP contribution in [0.3, 0.4) is 0 Å². The average molecular weight is 344 g/mol. The highest BCUT2D eigenvalue weighted by Gasteiger charge is 2.65. The molecular weight excluding hydrogens is 306 g/mol. The maximum Gasteiger partial charge on any atom is 0.0521 e. The molecule has 3 nitrogen and oxygen atoms in total.